The first-order chi connectivity index (χ1) is 9.67. The van der Waals surface area contributed by atoms with E-state index < -0.39 is 0 Å². The lowest BCUT2D eigenvalue weighted by atomic mass is 9.98. The van der Waals surface area contributed by atoms with Gasteiger partial charge in [0.1, 0.15) is 5.76 Å². The van der Waals surface area contributed by atoms with Crippen LogP contribution in [0.3, 0.4) is 0 Å². The maximum atomic E-state index is 12.6. The monoisotopic (exact) mass is 277 g/mol. The van der Waals surface area contributed by atoms with Gasteiger partial charge in [-0.2, -0.15) is 0 Å². The molecule has 0 radical (unpaired) electrons. The average Bonchev–Trinajstić information content (AvgIpc) is 3.11. The van der Waals surface area contributed by atoms with Crippen LogP contribution in [-0.2, 0) is 11.3 Å². The maximum Gasteiger partial charge on any atom is 0.242 e. The van der Waals surface area contributed by atoms with Crippen molar-refractivity contribution < 1.29 is 9.21 Å². The molecule has 1 unspecified atom stereocenters. The smallest absolute Gasteiger partial charge is 0.242 e. The third kappa shape index (κ3) is 2.74. The topological polar surface area (TPSA) is 48.7 Å². The van der Waals surface area contributed by atoms with E-state index in [4.69, 9.17) is 4.42 Å². The molecule has 2 aliphatic heterocycles. The van der Waals surface area contributed by atoms with Crippen LogP contribution >= 0.6 is 0 Å². The Morgan fingerprint density at radius 1 is 1.40 bits per heavy atom. The molecule has 0 bridgehead atoms. The van der Waals surface area contributed by atoms with Gasteiger partial charge in [-0.25, -0.2) is 0 Å². The number of carbonyl (C=O) groups excluding carboxylic acids is 1. The molecule has 1 aromatic heterocycles. The lowest BCUT2D eigenvalue weighted by Gasteiger charge is -2.38. The fourth-order valence-corrected chi connectivity index (χ4v) is 3.16. The van der Waals surface area contributed by atoms with E-state index in [1.165, 1.54) is 0 Å². The predicted molar refractivity (Wildman–Crippen MR) is 76.2 cm³/mol. The molecule has 0 saturated carbocycles. The van der Waals surface area contributed by atoms with E-state index in [1.54, 1.807) is 6.26 Å². The lowest BCUT2D eigenvalue weighted by Crippen LogP contribution is -2.57. The van der Waals surface area contributed by atoms with Gasteiger partial charge in [-0.15, -0.1) is 0 Å². The molecule has 0 spiro atoms. The van der Waals surface area contributed by atoms with Crippen LogP contribution in [0.25, 0.3) is 0 Å². The summed E-state index contributed by atoms with van der Waals surface area (Å²) in [6.45, 7) is 7.31. The number of piperazine rings is 1. The molecule has 0 aliphatic carbocycles. The van der Waals surface area contributed by atoms with Gasteiger partial charge in [-0.05, 0) is 38.4 Å². The van der Waals surface area contributed by atoms with Crippen molar-refractivity contribution in [3.05, 3.63) is 24.2 Å². The van der Waals surface area contributed by atoms with Crippen molar-refractivity contribution in [1.82, 2.24) is 15.1 Å². The molecule has 5 heteroatoms. The predicted octanol–water partition coefficient (Wildman–Crippen LogP) is 1.07. The van der Waals surface area contributed by atoms with E-state index in [0.29, 0.717) is 0 Å². The summed E-state index contributed by atoms with van der Waals surface area (Å²) in [5, 5.41) is 3.36. The molecule has 1 atom stereocenters. The number of hydrogen-bond donors (Lipinski definition) is 1. The molecule has 5 nitrogen and oxygen atoms in total. The number of amides is 1. The molecule has 1 aromatic rings. The molecule has 3 heterocycles. The van der Waals surface area contributed by atoms with E-state index in [-0.39, 0.29) is 11.4 Å². The number of nitrogens with zero attached hydrogens (tertiary/aromatic N) is 2. The van der Waals surface area contributed by atoms with Crippen molar-refractivity contribution in [3.8, 4) is 0 Å². The third-order valence-corrected chi connectivity index (χ3v) is 4.46. The molecule has 2 aliphatic rings. The number of rotatable bonds is 3. The quantitative estimate of drug-likeness (QED) is 0.898. The Hall–Kier alpha value is -1.33. The van der Waals surface area contributed by atoms with E-state index >= 15 is 0 Å². The molecule has 1 N–H and O–H groups in total. The van der Waals surface area contributed by atoms with Gasteiger partial charge in [0.25, 0.3) is 0 Å². The van der Waals surface area contributed by atoms with Gasteiger partial charge >= 0.3 is 0 Å². The van der Waals surface area contributed by atoms with Crippen molar-refractivity contribution in [2.45, 2.75) is 31.8 Å². The fourth-order valence-electron chi connectivity index (χ4n) is 3.16. The van der Waals surface area contributed by atoms with Gasteiger partial charge in [-0.3, -0.25) is 9.69 Å². The van der Waals surface area contributed by atoms with Gasteiger partial charge in [0.2, 0.25) is 5.91 Å². The highest BCUT2D eigenvalue weighted by molar-refractivity contribution is 5.86. The van der Waals surface area contributed by atoms with Crippen LogP contribution in [0.5, 0.6) is 0 Å². The van der Waals surface area contributed by atoms with E-state index in [0.717, 1.165) is 57.9 Å². The second-order valence-electron chi connectivity index (χ2n) is 6.01. The van der Waals surface area contributed by atoms with Gasteiger partial charge in [-0.1, -0.05) is 0 Å². The SMILES string of the molecule is CC1(C(=O)N2CCN(Cc3ccco3)CC2)CCCN1. The summed E-state index contributed by atoms with van der Waals surface area (Å²) in [4.78, 5) is 16.9. The van der Waals surface area contributed by atoms with Crippen molar-refractivity contribution >= 4 is 5.91 Å². The largest absolute Gasteiger partial charge is 0.468 e. The standard InChI is InChI=1S/C15H23N3O2/c1-15(5-3-6-16-15)14(19)18-9-7-17(8-10-18)12-13-4-2-11-20-13/h2,4,11,16H,3,5-10,12H2,1H3. The summed E-state index contributed by atoms with van der Waals surface area (Å²) in [5.74, 6) is 1.27. The minimum absolute atomic E-state index is 0.271. The Kier molecular flexibility index (Phi) is 3.81. The summed E-state index contributed by atoms with van der Waals surface area (Å²) in [7, 11) is 0. The van der Waals surface area contributed by atoms with Crippen LogP contribution in [0.4, 0.5) is 0 Å². The average molecular weight is 277 g/mol. The van der Waals surface area contributed by atoms with Gasteiger partial charge in [0, 0.05) is 26.2 Å². The van der Waals surface area contributed by atoms with Gasteiger partial charge < -0.3 is 14.6 Å². The van der Waals surface area contributed by atoms with Crippen LogP contribution in [0, 0.1) is 0 Å². The fraction of sp³-hybridized carbons (Fsp3) is 0.667. The summed E-state index contributed by atoms with van der Waals surface area (Å²) < 4.78 is 5.38. The molecule has 0 aromatic carbocycles. The van der Waals surface area contributed by atoms with Crippen LogP contribution in [0.15, 0.2) is 22.8 Å². The second-order valence-corrected chi connectivity index (χ2v) is 6.01. The molecule has 110 valence electrons. The minimum Gasteiger partial charge on any atom is -0.468 e. The van der Waals surface area contributed by atoms with Gasteiger partial charge in [0.15, 0.2) is 0 Å². The Morgan fingerprint density at radius 2 is 2.20 bits per heavy atom. The highest BCUT2D eigenvalue weighted by Gasteiger charge is 2.39. The van der Waals surface area contributed by atoms with Gasteiger partial charge in [0.05, 0.1) is 18.3 Å². The lowest BCUT2D eigenvalue weighted by molar-refractivity contribution is -0.139. The Bertz CT molecular complexity index is 444. The van der Waals surface area contributed by atoms with Crippen molar-refractivity contribution in [2.24, 2.45) is 0 Å². The first-order valence-corrected chi connectivity index (χ1v) is 7.46. The van der Waals surface area contributed by atoms with Crippen LogP contribution < -0.4 is 5.32 Å². The first kappa shape index (κ1) is 13.6. The van der Waals surface area contributed by atoms with E-state index in [2.05, 4.69) is 10.2 Å². The zero-order valence-electron chi connectivity index (χ0n) is 12.1. The highest BCUT2D eigenvalue weighted by Crippen LogP contribution is 2.22. The highest BCUT2D eigenvalue weighted by atomic mass is 16.3. The zero-order chi connectivity index (χ0) is 14.0. The summed E-state index contributed by atoms with van der Waals surface area (Å²) in [6.07, 6.45) is 3.76. The van der Waals surface area contributed by atoms with E-state index in [1.807, 2.05) is 24.0 Å². The van der Waals surface area contributed by atoms with E-state index in [9.17, 15) is 4.79 Å². The normalized spacial score (nSPS) is 27.9. The molecule has 20 heavy (non-hydrogen) atoms. The van der Waals surface area contributed by atoms with Crippen molar-refractivity contribution in [3.63, 3.8) is 0 Å². The Morgan fingerprint density at radius 3 is 2.80 bits per heavy atom. The van der Waals surface area contributed by atoms with Crippen LogP contribution in [-0.4, -0.2) is 54.0 Å². The molecule has 3 rings (SSSR count). The maximum absolute atomic E-state index is 12.6. The zero-order valence-corrected chi connectivity index (χ0v) is 12.1. The molecular weight excluding hydrogens is 254 g/mol. The number of nitrogens with one attached hydrogen (secondary N) is 1. The summed E-state index contributed by atoms with van der Waals surface area (Å²) in [6, 6.07) is 3.92. The summed E-state index contributed by atoms with van der Waals surface area (Å²) >= 11 is 0. The Labute approximate surface area is 119 Å². The van der Waals surface area contributed by atoms with Crippen molar-refractivity contribution in [2.75, 3.05) is 32.7 Å². The van der Waals surface area contributed by atoms with Crippen LogP contribution in [0.2, 0.25) is 0 Å². The minimum atomic E-state index is -0.330. The molecule has 2 fully saturated rings. The summed E-state index contributed by atoms with van der Waals surface area (Å²) in [5.41, 5.74) is -0.330. The first-order valence-electron chi connectivity index (χ1n) is 7.46. The molecular formula is C15H23N3O2. The van der Waals surface area contributed by atoms with Crippen molar-refractivity contribution in [1.29, 1.82) is 0 Å². The Balaban J connectivity index is 1.52. The number of hydrogen-bond acceptors (Lipinski definition) is 4. The molecule has 2 saturated heterocycles. The molecule has 1 amide bonds. The third-order valence-electron chi connectivity index (χ3n) is 4.46. The second kappa shape index (κ2) is 5.58. The number of furan rings is 1. The number of carbonyl (C=O) groups is 1. The van der Waals surface area contributed by atoms with Crippen LogP contribution in [0.1, 0.15) is 25.5 Å².